The molecule has 0 unspecified atom stereocenters. The van der Waals surface area contributed by atoms with Crippen LogP contribution < -0.4 is 9.64 Å². The number of ether oxygens (including phenoxy) is 1. The quantitative estimate of drug-likeness (QED) is 0.386. The molecule has 0 aliphatic heterocycles. The predicted octanol–water partition coefficient (Wildman–Crippen LogP) is 5.68. The number of rotatable bonds is 7. The summed E-state index contributed by atoms with van der Waals surface area (Å²) < 4.78 is 12.1. The van der Waals surface area contributed by atoms with Crippen molar-refractivity contribution in [2.24, 2.45) is 0 Å². The van der Waals surface area contributed by atoms with E-state index in [1.165, 1.54) is 22.5 Å². The third kappa shape index (κ3) is 4.39. The molecular weight excluding hydrogens is 396 g/mol. The molecule has 0 saturated heterocycles. The van der Waals surface area contributed by atoms with Crippen LogP contribution in [0.3, 0.4) is 0 Å². The van der Waals surface area contributed by atoms with Crippen LogP contribution in [0, 0.1) is 13.8 Å². The summed E-state index contributed by atoms with van der Waals surface area (Å²) >= 11 is 1.48. The number of carbonyl (C=O) groups is 1. The summed E-state index contributed by atoms with van der Waals surface area (Å²) in [5.41, 5.74) is 4.24. The summed E-state index contributed by atoms with van der Waals surface area (Å²) in [4.78, 5) is 19.7. The number of anilines is 1. The Morgan fingerprint density at radius 3 is 2.73 bits per heavy atom. The van der Waals surface area contributed by atoms with Gasteiger partial charge in [0.25, 0.3) is 0 Å². The second-order valence-corrected chi connectivity index (χ2v) is 8.22. The minimum absolute atomic E-state index is 0.0151. The van der Waals surface area contributed by atoms with Crippen LogP contribution in [0.25, 0.3) is 10.2 Å². The Labute approximate surface area is 179 Å². The molecule has 154 valence electrons. The molecule has 0 saturated carbocycles. The summed E-state index contributed by atoms with van der Waals surface area (Å²) in [7, 11) is 0. The first kappa shape index (κ1) is 20.2. The lowest BCUT2D eigenvalue weighted by Crippen LogP contribution is -2.31. The molecule has 2 aromatic carbocycles. The van der Waals surface area contributed by atoms with Crippen LogP contribution in [0.4, 0.5) is 5.13 Å². The zero-order valence-corrected chi connectivity index (χ0v) is 18.2. The number of hydrogen-bond donors (Lipinski definition) is 0. The van der Waals surface area contributed by atoms with E-state index in [0.29, 0.717) is 24.7 Å². The number of carbonyl (C=O) groups excluding carboxylic acids is 1. The molecule has 0 bridgehead atoms. The molecule has 5 nitrogen and oxygen atoms in total. The number of furan rings is 1. The maximum Gasteiger partial charge on any atom is 0.233 e. The van der Waals surface area contributed by atoms with Crippen LogP contribution in [0.15, 0.2) is 59.2 Å². The van der Waals surface area contributed by atoms with Crippen LogP contribution in [0.2, 0.25) is 0 Å². The maximum atomic E-state index is 13.3. The molecule has 4 rings (SSSR count). The lowest BCUT2D eigenvalue weighted by molar-refractivity contribution is -0.118. The molecule has 1 amide bonds. The predicted molar refractivity (Wildman–Crippen MR) is 120 cm³/mol. The Hall–Kier alpha value is -3.12. The van der Waals surface area contributed by atoms with E-state index < -0.39 is 0 Å². The molecule has 2 heterocycles. The summed E-state index contributed by atoms with van der Waals surface area (Å²) in [5.74, 6) is 1.51. The molecule has 30 heavy (non-hydrogen) atoms. The molecule has 0 aliphatic rings. The van der Waals surface area contributed by atoms with Crippen molar-refractivity contribution in [1.82, 2.24) is 4.98 Å². The van der Waals surface area contributed by atoms with E-state index in [1.807, 2.05) is 43.3 Å². The minimum Gasteiger partial charge on any atom is -0.494 e. The molecule has 0 atom stereocenters. The monoisotopic (exact) mass is 420 g/mol. The molecule has 6 heteroatoms. The van der Waals surface area contributed by atoms with Crippen molar-refractivity contribution in [3.63, 3.8) is 0 Å². The van der Waals surface area contributed by atoms with Gasteiger partial charge in [-0.05, 0) is 67.8 Å². The van der Waals surface area contributed by atoms with Gasteiger partial charge in [0, 0.05) is 0 Å². The highest BCUT2D eigenvalue weighted by Crippen LogP contribution is 2.32. The highest BCUT2D eigenvalue weighted by molar-refractivity contribution is 7.22. The average Bonchev–Trinajstić information content (AvgIpc) is 3.38. The number of amides is 1. The van der Waals surface area contributed by atoms with Gasteiger partial charge in [-0.25, -0.2) is 4.98 Å². The first-order valence-electron chi connectivity index (χ1n) is 9.95. The van der Waals surface area contributed by atoms with E-state index in [1.54, 1.807) is 11.2 Å². The number of aromatic nitrogens is 1. The largest absolute Gasteiger partial charge is 0.494 e. The van der Waals surface area contributed by atoms with Crippen molar-refractivity contribution in [3.05, 3.63) is 77.2 Å². The van der Waals surface area contributed by atoms with Crippen LogP contribution in [-0.2, 0) is 17.8 Å². The third-order valence-electron chi connectivity index (χ3n) is 5.01. The van der Waals surface area contributed by atoms with Gasteiger partial charge < -0.3 is 9.15 Å². The third-order valence-corrected chi connectivity index (χ3v) is 6.05. The maximum absolute atomic E-state index is 13.3. The summed E-state index contributed by atoms with van der Waals surface area (Å²) in [5, 5.41) is 0.656. The number of aryl methyl sites for hydroxylation is 2. The second-order valence-electron chi connectivity index (χ2n) is 7.21. The summed E-state index contributed by atoms with van der Waals surface area (Å²) in [6.07, 6.45) is 1.93. The van der Waals surface area contributed by atoms with Gasteiger partial charge in [0.2, 0.25) is 5.91 Å². The topological polar surface area (TPSA) is 55.6 Å². The van der Waals surface area contributed by atoms with Gasteiger partial charge >= 0.3 is 0 Å². The van der Waals surface area contributed by atoms with Crippen LogP contribution >= 0.6 is 11.3 Å². The molecule has 0 radical (unpaired) electrons. The average molecular weight is 421 g/mol. The fraction of sp³-hybridized carbons (Fsp3) is 0.250. The van der Waals surface area contributed by atoms with E-state index in [0.717, 1.165) is 27.3 Å². The van der Waals surface area contributed by atoms with Crippen LogP contribution in [-0.4, -0.2) is 17.5 Å². The standard InChI is InChI=1S/C24H24N2O3S/c1-4-28-19-9-10-21-22(14-19)30-24(25-21)26(15-20-6-5-11-29-20)23(27)13-18-8-7-16(2)17(3)12-18/h5-12,14H,4,13,15H2,1-3H3. The fourth-order valence-corrected chi connectivity index (χ4v) is 4.28. The van der Waals surface area contributed by atoms with Crippen LogP contribution in [0.1, 0.15) is 29.4 Å². The molecular formula is C24H24N2O3S. The van der Waals surface area contributed by atoms with Gasteiger partial charge in [0.15, 0.2) is 5.13 Å². The van der Waals surface area contributed by atoms with E-state index >= 15 is 0 Å². The number of hydrogen-bond acceptors (Lipinski definition) is 5. The van der Waals surface area contributed by atoms with E-state index in [2.05, 4.69) is 26.0 Å². The Bertz CT molecular complexity index is 1160. The van der Waals surface area contributed by atoms with Gasteiger partial charge in [-0.2, -0.15) is 0 Å². The summed E-state index contributed by atoms with van der Waals surface area (Å²) in [6.45, 7) is 7.04. The van der Waals surface area contributed by atoms with Crippen molar-refractivity contribution < 1.29 is 13.9 Å². The SMILES string of the molecule is CCOc1ccc2nc(N(Cc3ccco3)C(=O)Cc3ccc(C)c(C)c3)sc2c1. The van der Waals surface area contributed by atoms with Gasteiger partial charge in [0.05, 0.1) is 36.1 Å². The Morgan fingerprint density at radius 1 is 1.13 bits per heavy atom. The summed E-state index contributed by atoms with van der Waals surface area (Å²) in [6, 6.07) is 15.6. The van der Waals surface area contributed by atoms with Gasteiger partial charge in [-0.1, -0.05) is 29.5 Å². The Balaban J connectivity index is 1.65. The normalized spacial score (nSPS) is 11.0. The first-order valence-corrected chi connectivity index (χ1v) is 10.8. The lowest BCUT2D eigenvalue weighted by Gasteiger charge is -2.19. The highest BCUT2D eigenvalue weighted by Gasteiger charge is 2.22. The molecule has 2 aromatic heterocycles. The van der Waals surface area contributed by atoms with Gasteiger partial charge in [0.1, 0.15) is 11.5 Å². The smallest absolute Gasteiger partial charge is 0.233 e. The van der Waals surface area contributed by atoms with Crippen molar-refractivity contribution in [2.75, 3.05) is 11.5 Å². The zero-order chi connectivity index (χ0) is 21.1. The number of benzene rings is 2. The van der Waals surface area contributed by atoms with Crippen molar-refractivity contribution in [3.8, 4) is 5.75 Å². The zero-order valence-electron chi connectivity index (χ0n) is 17.3. The molecule has 0 N–H and O–H groups in total. The van der Waals surface area contributed by atoms with Gasteiger partial charge in [-0.15, -0.1) is 0 Å². The van der Waals surface area contributed by atoms with Gasteiger partial charge in [-0.3, -0.25) is 9.69 Å². The van der Waals surface area contributed by atoms with Crippen LogP contribution in [0.5, 0.6) is 5.75 Å². The molecule has 4 aromatic rings. The highest BCUT2D eigenvalue weighted by atomic mass is 32.1. The van der Waals surface area contributed by atoms with E-state index in [-0.39, 0.29) is 5.91 Å². The van der Waals surface area contributed by atoms with Crippen molar-refractivity contribution in [1.29, 1.82) is 0 Å². The fourth-order valence-electron chi connectivity index (χ4n) is 3.27. The van der Waals surface area contributed by atoms with E-state index in [4.69, 9.17) is 14.1 Å². The second kappa shape index (κ2) is 8.71. The number of fused-ring (bicyclic) bond motifs is 1. The molecule has 0 fully saturated rings. The first-order chi connectivity index (χ1) is 14.5. The van der Waals surface area contributed by atoms with Crippen molar-refractivity contribution in [2.45, 2.75) is 33.7 Å². The van der Waals surface area contributed by atoms with Crippen molar-refractivity contribution >= 4 is 32.6 Å². The molecule has 0 aliphatic carbocycles. The number of thiazole rings is 1. The van der Waals surface area contributed by atoms with E-state index in [9.17, 15) is 4.79 Å². The molecule has 0 spiro atoms. The minimum atomic E-state index is -0.0151. The lowest BCUT2D eigenvalue weighted by atomic mass is 10.0. The Morgan fingerprint density at radius 2 is 2.00 bits per heavy atom. The number of nitrogens with zero attached hydrogens (tertiary/aromatic N) is 2. The Kier molecular flexibility index (Phi) is 5.86.